The second-order valence-corrected chi connectivity index (χ2v) is 6.70. The Morgan fingerprint density at radius 1 is 1.04 bits per heavy atom. The quantitative estimate of drug-likeness (QED) is 0.688. The van der Waals surface area contributed by atoms with Crippen LogP contribution in [0.4, 0.5) is 5.69 Å². The van der Waals surface area contributed by atoms with Crippen molar-refractivity contribution in [3.05, 3.63) is 59.9 Å². The van der Waals surface area contributed by atoms with E-state index in [4.69, 9.17) is 0 Å². The molecule has 1 saturated heterocycles. The van der Waals surface area contributed by atoms with E-state index in [0.29, 0.717) is 5.56 Å². The number of likely N-dealkylation sites (N-methyl/N-ethyl adjacent to an activating group) is 1. The average molecular weight is 334 g/mol. The Labute approximate surface area is 147 Å². The molecule has 0 radical (unpaired) electrons. The third-order valence-electron chi connectivity index (χ3n) is 4.94. The lowest BCUT2D eigenvalue weighted by Crippen LogP contribution is -2.44. The smallest absolute Gasteiger partial charge is 0.150 e. The van der Waals surface area contributed by atoms with E-state index < -0.39 is 0 Å². The predicted octanol–water partition coefficient (Wildman–Crippen LogP) is 2.65. The Morgan fingerprint density at radius 3 is 2.52 bits per heavy atom. The van der Waals surface area contributed by atoms with Crippen molar-refractivity contribution in [2.45, 2.75) is 6.54 Å². The third kappa shape index (κ3) is 3.28. The van der Waals surface area contributed by atoms with Gasteiger partial charge in [0.05, 0.1) is 17.4 Å². The minimum Gasteiger partial charge on any atom is -0.369 e. The molecular formula is C20H22N4O. The number of aldehydes is 1. The van der Waals surface area contributed by atoms with E-state index in [1.54, 1.807) is 6.07 Å². The monoisotopic (exact) mass is 334 g/mol. The number of anilines is 1. The van der Waals surface area contributed by atoms with Crippen LogP contribution in [0.25, 0.3) is 11.0 Å². The van der Waals surface area contributed by atoms with Gasteiger partial charge in [-0.3, -0.25) is 4.79 Å². The van der Waals surface area contributed by atoms with Gasteiger partial charge in [0, 0.05) is 44.0 Å². The highest BCUT2D eigenvalue weighted by molar-refractivity contribution is 5.85. The fourth-order valence-electron chi connectivity index (χ4n) is 3.35. The topological polar surface area (TPSA) is 41.4 Å². The highest BCUT2D eigenvalue weighted by Crippen LogP contribution is 2.20. The number of piperazine rings is 1. The number of nitrogens with zero attached hydrogens (tertiary/aromatic N) is 4. The first kappa shape index (κ1) is 15.8. The molecule has 1 aliphatic heterocycles. The molecule has 128 valence electrons. The van der Waals surface area contributed by atoms with E-state index >= 15 is 0 Å². The molecule has 0 aliphatic carbocycles. The summed E-state index contributed by atoms with van der Waals surface area (Å²) in [5.74, 6) is 0. The number of imidazole rings is 1. The van der Waals surface area contributed by atoms with Gasteiger partial charge in [0.25, 0.3) is 0 Å². The second kappa shape index (κ2) is 6.69. The summed E-state index contributed by atoms with van der Waals surface area (Å²) in [4.78, 5) is 20.2. The first-order valence-electron chi connectivity index (χ1n) is 8.65. The van der Waals surface area contributed by atoms with Gasteiger partial charge < -0.3 is 14.4 Å². The van der Waals surface area contributed by atoms with Gasteiger partial charge >= 0.3 is 0 Å². The van der Waals surface area contributed by atoms with E-state index in [-0.39, 0.29) is 0 Å². The SMILES string of the molecule is CN1CCN(c2ccc(Cn3cnc4ccc(C=O)cc43)cc2)CC1. The highest BCUT2D eigenvalue weighted by atomic mass is 16.1. The van der Waals surface area contributed by atoms with Crippen LogP contribution in [0.15, 0.2) is 48.8 Å². The summed E-state index contributed by atoms with van der Waals surface area (Å²) in [6, 6.07) is 14.4. The molecule has 0 bridgehead atoms. The Hall–Kier alpha value is -2.66. The molecule has 2 heterocycles. The summed E-state index contributed by atoms with van der Waals surface area (Å²) >= 11 is 0. The van der Waals surface area contributed by atoms with Gasteiger partial charge in [-0.05, 0) is 42.9 Å². The van der Waals surface area contributed by atoms with E-state index in [2.05, 4.69) is 50.7 Å². The van der Waals surface area contributed by atoms with Crippen LogP contribution in [0.2, 0.25) is 0 Å². The number of aromatic nitrogens is 2. The lowest BCUT2D eigenvalue weighted by molar-refractivity contribution is 0.112. The normalized spacial score (nSPS) is 15.6. The lowest BCUT2D eigenvalue weighted by Gasteiger charge is -2.34. The predicted molar refractivity (Wildman–Crippen MR) is 100 cm³/mol. The van der Waals surface area contributed by atoms with E-state index in [9.17, 15) is 4.79 Å². The zero-order chi connectivity index (χ0) is 17.2. The largest absolute Gasteiger partial charge is 0.369 e. The number of fused-ring (bicyclic) bond motifs is 1. The Morgan fingerprint density at radius 2 is 1.80 bits per heavy atom. The van der Waals surface area contributed by atoms with E-state index in [1.165, 1.54) is 11.3 Å². The molecule has 25 heavy (non-hydrogen) atoms. The van der Waals surface area contributed by atoms with Crippen molar-refractivity contribution in [1.82, 2.24) is 14.5 Å². The number of hydrogen-bond acceptors (Lipinski definition) is 4. The molecule has 0 unspecified atom stereocenters. The van der Waals surface area contributed by atoms with Crippen molar-refractivity contribution < 1.29 is 4.79 Å². The molecule has 4 rings (SSSR count). The standard InChI is InChI=1S/C20H22N4O/c1-22-8-10-23(11-9-22)18-5-2-16(3-6-18)13-24-15-21-19-7-4-17(14-25)12-20(19)24/h2-7,12,14-15H,8-11,13H2,1H3. The molecule has 0 saturated carbocycles. The van der Waals surface area contributed by atoms with Crippen LogP contribution in [0, 0.1) is 0 Å². The summed E-state index contributed by atoms with van der Waals surface area (Å²) in [7, 11) is 2.17. The number of rotatable bonds is 4. The van der Waals surface area contributed by atoms with Crippen LogP contribution in [-0.4, -0.2) is 54.0 Å². The van der Waals surface area contributed by atoms with Crippen molar-refractivity contribution >= 4 is 23.0 Å². The molecule has 0 spiro atoms. The Kier molecular flexibility index (Phi) is 4.24. The maximum absolute atomic E-state index is 11.0. The zero-order valence-corrected chi connectivity index (χ0v) is 14.4. The van der Waals surface area contributed by atoms with E-state index in [1.807, 2.05) is 18.5 Å². The maximum atomic E-state index is 11.0. The zero-order valence-electron chi connectivity index (χ0n) is 14.4. The van der Waals surface area contributed by atoms with Crippen LogP contribution in [0.1, 0.15) is 15.9 Å². The molecule has 0 atom stereocenters. The fraction of sp³-hybridized carbons (Fsp3) is 0.300. The molecule has 5 nitrogen and oxygen atoms in total. The molecule has 2 aromatic carbocycles. The minimum absolute atomic E-state index is 0.680. The molecule has 1 aromatic heterocycles. The number of hydrogen-bond donors (Lipinski definition) is 0. The van der Waals surface area contributed by atoms with Crippen molar-refractivity contribution in [2.24, 2.45) is 0 Å². The minimum atomic E-state index is 0.680. The molecular weight excluding hydrogens is 312 g/mol. The van der Waals surface area contributed by atoms with Gasteiger partial charge in [0.1, 0.15) is 6.29 Å². The van der Waals surface area contributed by atoms with Gasteiger partial charge in [0.2, 0.25) is 0 Å². The number of benzene rings is 2. The molecule has 0 N–H and O–H groups in total. The average Bonchev–Trinajstić information content (AvgIpc) is 3.05. The summed E-state index contributed by atoms with van der Waals surface area (Å²) in [6.45, 7) is 5.14. The van der Waals surface area contributed by atoms with E-state index in [0.717, 1.165) is 50.0 Å². The summed E-state index contributed by atoms with van der Waals surface area (Å²) in [5, 5.41) is 0. The van der Waals surface area contributed by atoms with Crippen molar-refractivity contribution in [1.29, 1.82) is 0 Å². The fourth-order valence-corrected chi connectivity index (χ4v) is 3.35. The van der Waals surface area contributed by atoms with Crippen molar-refractivity contribution in [2.75, 3.05) is 38.1 Å². The van der Waals surface area contributed by atoms with Gasteiger partial charge in [-0.15, -0.1) is 0 Å². The van der Waals surface area contributed by atoms with Crippen LogP contribution in [0.3, 0.4) is 0 Å². The first-order valence-corrected chi connectivity index (χ1v) is 8.65. The molecule has 0 amide bonds. The second-order valence-electron chi connectivity index (χ2n) is 6.70. The van der Waals surface area contributed by atoms with Crippen LogP contribution in [0.5, 0.6) is 0 Å². The first-order chi connectivity index (χ1) is 12.2. The van der Waals surface area contributed by atoms with Crippen molar-refractivity contribution in [3.63, 3.8) is 0 Å². The highest BCUT2D eigenvalue weighted by Gasteiger charge is 2.14. The van der Waals surface area contributed by atoms with Gasteiger partial charge in [-0.25, -0.2) is 4.98 Å². The van der Waals surface area contributed by atoms with Gasteiger partial charge in [-0.1, -0.05) is 12.1 Å². The number of carbonyl (C=O) groups is 1. The summed E-state index contributed by atoms with van der Waals surface area (Å²) < 4.78 is 2.09. The lowest BCUT2D eigenvalue weighted by atomic mass is 10.1. The summed E-state index contributed by atoms with van der Waals surface area (Å²) in [5.41, 5.74) is 5.11. The molecule has 5 heteroatoms. The Balaban J connectivity index is 1.52. The molecule has 1 aliphatic rings. The summed E-state index contributed by atoms with van der Waals surface area (Å²) in [6.07, 6.45) is 2.72. The molecule has 1 fully saturated rings. The molecule has 3 aromatic rings. The van der Waals surface area contributed by atoms with Crippen LogP contribution in [-0.2, 0) is 6.54 Å². The van der Waals surface area contributed by atoms with Crippen LogP contribution < -0.4 is 4.90 Å². The van der Waals surface area contributed by atoms with Crippen LogP contribution >= 0.6 is 0 Å². The van der Waals surface area contributed by atoms with Crippen molar-refractivity contribution in [3.8, 4) is 0 Å². The Bertz CT molecular complexity index is 876. The van der Waals surface area contributed by atoms with Gasteiger partial charge in [0.15, 0.2) is 0 Å². The van der Waals surface area contributed by atoms with Gasteiger partial charge in [-0.2, -0.15) is 0 Å². The number of carbonyl (C=O) groups excluding carboxylic acids is 1. The maximum Gasteiger partial charge on any atom is 0.150 e. The third-order valence-corrected chi connectivity index (χ3v) is 4.94.